The molecule has 0 atom stereocenters. The van der Waals surface area contributed by atoms with Crippen molar-refractivity contribution in [3.63, 3.8) is 0 Å². The summed E-state index contributed by atoms with van der Waals surface area (Å²) in [4.78, 5) is 0. The molecule has 0 fully saturated rings. The second kappa shape index (κ2) is 1.81. The Morgan fingerprint density at radius 2 is 2.50 bits per heavy atom. The van der Waals surface area contributed by atoms with Crippen molar-refractivity contribution in [3.05, 3.63) is 6.20 Å². The summed E-state index contributed by atoms with van der Waals surface area (Å²) in [5.74, 6) is 0.921. The summed E-state index contributed by atoms with van der Waals surface area (Å²) in [6.07, 6.45) is 1.67. The van der Waals surface area contributed by atoms with E-state index in [0.717, 1.165) is 5.82 Å². The minimum absolute atomic E-state index is 0.921. The van der Waals surface area contributed by atoms with E-state index in [1.807, 2.05) is 14.1 Å². The summed E-state index contributed by atoms with van der Waals surface area (Å²) in [6.45, 7) is 0. The van der Waals surface area contributed by atoms with Crippen molar-refractivity contribution in [1.29, 1.82) is 0 Å². The highest BCUT2D eigenvalue weighted by Gasteiger charge is 1.90. The Morgan fingerprint density at radius 3 is 2.75 bits per heavy atom. The fraction of sp³-hybridized carbons (Fsp3) is 0.500. The second-order valence-electron chi connectivity index (χ2n) is 1.49. The molecule has 1 N–H and O–H groups in total. The van der Waals surface area contributed by atoms with Crippen LogP contribution in [0.2, 0.25) is 0 Å². The normalized spacial score (nSPS) is 9.25. The summed E-state index contributed by atoms with van der Waals surface area (Å²) in [6, 6.07) is 0. The first-order valence-electron chi connectivity index (χ1n) is 2.37. The van der Waals surface area contributed by atoms with Gasteiger partial charge in [0.2, 0.25) is 0 Å². The Balaban J connectivity index is 2.92. The third-order valence-electron chi connectivity index (χ3n) is 0.971. The van der Waals surface area contributed by atoms with Gasteiger partial charge in [-0.3, -0.25) is 0 Å². The number of nitrogens with zero attached hydrogens (tertiary/aromatic N) is 3. The van der Waals surface area contributed by atoms with Crippen molar-refractivity contribution in [2.45, 2.75) is 0 Å². The lowest BCUT2D eigenvalue weighted by Crippen LogP contribution is -1.97. The molecule has 1 aromatic heterocycles. The summed E-state index contributed by atoms with van der Waals surface area (Å²) >= 11 is 0. The van der Waals surface area contributed by atoms with Crippen molar-refractivity contribution < 1.29 is 0 Å². The van der Waals surface area contributed by atoms with Crippen LogP contribution in [0, 0.1) is 0 Å². The maximum absolute atomic E-state index is 3.69. The van der Waals surface area contributed by atoms with Gasteiger partial charge >= 0.3 is 0 Å². The van der Waals surface area contributed by atoms with E-state index in [2.05, 4.69) is 15.6 Å². The highest BCUT2D eigenvalue weighted by Crippen LogP contribution is 1.96. The lowest BCUT2D eigenvalue weighted by molar-refractivity contribution is 0.720. The minimum Gasteiger partial charge on any atom is -0.372 e. The minimum atomic E-state index is 0.921. The largest absolute Gasteiger partial charge is 0.372 e. The zero-order valence-electron chi connectivity index (χ0n) is 4.92. The van der Waals surface area contributed by atoms with Crippen molar-refractivity contribution >= 4 is 5.82 Å². The molecule has 0 aliphatic carbocycles. The molecule has 1 heterocycles. The molecule has 0 unspecified atom stereocenters. The fourth-order valence-electron chi connectivity index (χ4n) is 0.516. The molecule has 0 aliphatic rings. The van der Waals surface area contributed by atoms with Crippen LogP contribution >= 0.6 is 0 Å². The van der Waals surface area contributed by atoms with Gasteiger partial charge in [-0.2, -0.15) is 0 Å². The maximum Gasteiger partial charge on any atom is 0.144 e. The van der Waals surface area contributed by atoms with Gasteiger partial charge in [-0.25, -0.2) is 4.68 Å². The van der Waals surface area contributed by atoms with E-state index in [4.69, 9.17) is 0 Å². The Hall–Kier alpha value is -1.06. The van der Waals surface area contributed by atoms with Gasteiger partial charge in [0.05, 0.1) is 6.20 Å². The van der Waals surface area contributed by atoms with Crippen LogP contribution in [0.25, 0.3) is 0 Å². The van der Waals surface area contributed by atoms with E-state index in [9.17, 15) is 0 Å². The molecule has 0 aliphatic heterocycles. The summed E-state index contributed by atoms with van der Waals surface area (Å²) in [5.41, 5.74) is 0. The first kappa shape index (κ1) is 5.08. The van der Waals surface area contributed by atoms with Crippen molar-refractivity contribution in [2.75, 3.05) is 12.4 Å². The molecule has 0 spiro atoms. The zero-order valence-corrected chi connectivity index (χ0v) is 4.92. The van der Waals surface area contributed by atoms with E-state index >= 15 is 0 Å². The van der Waals surface area contributed by atoms with E-state index in [0.29, 0.717) is 0 Å². The maximum atomic E-state index is 3.69. The van der Waals surface area contributed by atoms with Gasteiger partial charge in [-0.1, -0.05) is 5.21 Å². The zero-order chi connectivity index (χ0) is 5.98. The average molecular weight is 112 g/mol. The lowest BCUT2D eigenvalue weighted by atomic mass is 10.7. The number of nitrogens with one attached hydrogen (secondary N) is 1. The van der Waals surface area contributed by atoms with Crippen molar-refractivity contribution in [1.82, 2.24) is 15.0 Å². The predicted octanol–water partition coefficient (Wildman–Crippen LogP) is -0.143. The van der Waals surface area contributed by atoms with Crippen LogP contribution < -0.4 is 5.32 Å². The number of aromatic nitrogens is 3. The molecular formula is C4H8N4. The quantitative estimate of drug-likeness (QED) is 0.549. The SMILES string of the molecule is CNc1cnnn1C. The molecule has 1 rings (SSSR count). The van der Waals surface area contributed by atoms with Crippen LogP contribution in [-0.4, -0.2) is 22.0 Å². The molecule has 8 heavy (non-hydrogen) atoms. The number of hydrogen-bond donors (Lipinski definition) is 1. The van der Waals surface area contributed by atoms with Gasteiger partial charge in [-0.05, 0) is 0 Å². The highest BCUT2D eigenvalue weighted by molar-refractivity contribution is 5.28. The predicted molar refractivity (Wildman–Crippen MR) is 30.5 cm³/mol. The summed E-state index contributed by atoms with van der Waals surface area (Å²) in [7, 11) is 3.66. The standard InChI is InChI=1S/C4H8N4/c1-5-4-3-6-7-8(4)2/h3,5H,1-2H3. The molecule has 0 saturated carbocycles. The number of rotatable bonds is 1. The van der Waals surface area contributed by atoms with Crippen LogP contribution in [0.5, 0.6) is 0 Å². The molecule has 0 radical (unpaired) electrons. The van der Waals surface area contributed by atoms with Crippen LogP contribution in [0.15, 0.2) is 6.20 Å². The average Bonchev–Trinajstić information content (AvgIpc) is 2.14. The number of aryl methyl sites for hydroxylation is 1. The molecule has 0 amide bonds. The Kier molecular flexibility index (Phi) is 1.15. The Morgan fingerprint density at radius 1 is 1.75 bits per heavy atom. The number of anilines is 1. The van der Waals surface area contributed by atoms with Crippen LogP contribution in [-0.2, 0) is 7.05 Å². The van der Waals surface area contributed by atoms with Gasteiger partial charge in [0, 0.05) is 14.1 Å². The van der Waals surface area contributed by atoms with E-state index in [-0.39, 0.29) is 0 Å². The van der Waals surface area contributed by atoms with Gasteiger partial charge in [0.25, 0.3) is 0 Å². The Bertz CT molecular complexity index is 168. The molecule has 0 bridgehead atoms. The van der Waals surface area contributed by atoms with Crippen LogP contribution in [0.4, 0.5) is 5.82 Å². The molecule has 0 saturated heterocycles. The monoisotopic (exact) mass is 112 g/mol. The molecular weight excluding hydrogens is 104 g/mol. The molecule has 44 valence electrons. The number of hydrogen-bond acceptors (Lipinski definition) is 3. The molecule has 4 heteroatoms. The molecule has 1 aromatic rings. The third-order valence-corrected chi connectivity index (χ3v) is 0.971. The van der Waals surface area contributed by atoms with Crippen LogP contribution in [0.1, 0.15) is 0 Å². The smallest absolute Gasteiger partial charge is 0.144 e. The van der Waals surface area contributed by atoms with E-state index < -0.39 is 0 Å². The lowest BCUT2D eigenvalue weighted by Gasteiger charge is -1.93. The topological polar surface area (TPSA) is 42.7 Å². The Labute approximate surface area is 47.5 Å². The highest BCUT2D eigenvalue weighted by atomic mass is 15.4. The van der Waals surface area contributed by atoms with Gasteiger partial charge in [0.1, 0.15) is 5.82 Å². The van der Waals surface area contributed by atoms with E-state index in [1.54, 1.807) is 10.9 Å². The molecule has 0 aromatic carbocycles. The second-order valence-corrected chi connectivity index (χ2v) is 1.49. The fourth-order valence-corrected chi connectivity index (χ4v) is 0.516. The van der Waals surface area contributed by atoms with E-state index in [1.165, 1.54) is 0 Å². The third kappa shape index (κ3) is 0.641. The van der Waals surface area contributed by atoms with Gasteiger partial charge in [-0.15, -0.1) is 5.10 Å². The molecule has 4 nitrogen and oxygen atoms in total. The van der Waals surface area contributed by atoms with Crippen molar-refractivity contribution in [2.24, 2.45) is 7.05 Å². The first-order valence-corrected chi connectivity index (χ1v) is 2.37. The van der Waals surface area contributed by atoms with Gasteiger partial charge in [0.15, 0.2) is 0 Å². The van der Waals surface area contributed by atoms with Gasteiger partial charge < -0.3 is 5.32 Å². The first-order chi connectivity index (χ1) is 3.84. The summed E-state index contributed by atoms with van der Waals surface area (Å²) < 4.78 is 1.67. The van der Waals surface area contributed by atoms with Crippen LogP contribution in [0.3, 0.4) is 0 Å². The summed E-state index contributed by atoms with van der Waals surface area (Å²) in [5, 5.41) is 10.2. The van der Waals surface area contributed by atoms with Crippen molar-refractivity contribution in [3.8, 4) is 0 Å².